The van der Waals surface area contributed by atoms with E-state index in [9.17, 15) is 14.0 Å². The third-order valence-electron chi connectivity index (χ3n) is 3.61. The zero-order valence-electron chi connectivity index (χ0n) is 13.3. The minimum Gasteiger partial charge on any atom is -0.427 e. The van der Waals surface area contributed by atoms with Crippen molar-refractivity contribution in [3.05, 3.63) is 87.9 Å². The van der Waals surface area contributed by atoms with Gasteiger partial charge in [0.2, 0.25) is 0 Å². The summed E-state index contributed by atoms with van der Waals surface area (Å²) in [6, 6.07) is 15.6. The number of benzene rings is 2. The molecule has 2 aromatic carbocycles. The van der Waals surface area contributed by atoms with Crippen LogP contribution >= 0.6 is 11.3 Å². The Bertz CT molecular complexity index is 853. The lowest BCUT2D eigenvalue weighted by atomic mass is 10.0. The summed E-state index contributed by atoms with van der Waals surface area (Å²) in [4.78, 5) is 25.3. The number of ether oxygens (including phenoxy) is 1. The van der Waals surface area contributed by atoms with E-state index in [1.54, 1.807) is 35.6 Å². The molecule has 0 atom stereocenters. The summed E-state index contributed by atoms with van der Waals surface area (Å²) in [6.45, 7) is 0. The zero-order valence-corrected chi connectivity index (χ0v) is 14.1. The van der Waals surface area contributed by atoms with Gasteiger partial charge in [-0.3, -0.25) is 9.59 Å². The first-order valence-corrected chi connectivity index (χ1v) is 8.63. The number of hydrogen-bond donors (Lipinski definition) is 0. The predicted octanol–water partition coefficient (Wildman–Crippen LogP) is 4.66. The van der Waals surface area contributed by atoms with Crippen molar-refractivity contribution in [2.75, 3.05) is 0 Å². The van der Waals surface area contributed by atoms with E-state index in [2.05, 4.69) is 0 Å². The van der Waals surface area contributed by atoms with Crippen molar-refractivity contribution in [1.82, 2.24) is 0 Å². The number of thiophene rings is 1. The van der Waals surface area contributed by atoms with E-state index in [-0.39, 0.29) is 17.6 Å². The van der Waals surface area contributed by atoms with Crippen LogP contribution in [0.4, 0.5) is 4.39 Å². The molecule has 0 fully saturated rings. The highest BCUT2D eigenvalue weighted by Crippen LogP contribution is 2.17. The first-order valence-electron chi connectivity index (χ1n) is 7.75. The molecule has 0 saturated carbocycles. The quantitative estimate of drug-likeness (QED) is 0.367. The molecule has 0 aliphatic rings. The van der Waals surface area contributed by atoms with E-state index in [1.807, 2.05) is 17.5 Å². The minimum atomic E-state index is -0.388. The second kappa shape index (κ2) is 7.85. The molecule has 0 aliphatic heterocycles. The predicted molar refractivity (Wildman–Crippen MR) is 94.5 cm³/mol. The highest BCUT2D eigenvalue weighted by molar-refractivity contribution is 7.09. The largest absolute Gasteiger partial charge is 0.427 e. The van der Waals surface area contributed by atoms with Crippen LogP contribution in [0.2, 0.25) is 0 Å². The summed E-state index contributed by atoms with van der Waals surface area (Å²) in [5, 5.41) is 1.97. The van der Waals surface area contributed by atoms with E-state index < -0.39 is 0 Å². The van der Waals surface area contributed by atoms with Crippen LogP contribution in [0.3, 0.4) is 0 Å². The maximum Gasteiger partial charge on any atom is 0.311 e. The molecule has 0 radical (unpaired) electrons. The molecule has 0 aliphatic carbocycles. The van der Waals surface area contributed by atoms with Crippen LogP contribution in [0.1, 0.15) is 27.2 Å². The van der Waals surface area contributed by atoms with Crippen LogP contribution in [-0.2, 0) is 11.2 Å². The first kappa shape index (κ1) is 17.0. The molecule has 126 valence electrons. The number of carbonyl (C=O) groups excluding carboxylic acids is 2. The number of halogens is 1. The summed E-state index contributed by atoms with van der Waals surface area (Å²) < 4.78 is 18.2. The van der Waals surface area contributed by atoms with Gasteiger partial charge in [0.25, 0.3) is 0 Å². The molecule has 25 heavy (non-hydrogen) atoms. The summed E-state index contributed by atoms with van der Waals surface area (Å²) in [5.74, 6) is -0.519. The number of hydrogen-bond acceptors (Lipinski definition) is 4. The van der Waals surface area contributed by atoms with Crippen LogP contribution in [0.25, 0.3) is 0 Å². The van der Waals surface area contributed by atoms with Crippen molar-refractivity contribution in [2.45, 2.75) is 12.8 Å². The van der Waals surface area contributed by atoms with Gasteiger partial charge in [-0.15, -0.1) is 11.3 Å². The maximum atomic E-state index is 12.9. The van der Waals surface area contributed by atoms with E-state index in [1.165, 1.54) is 24.3 Å². The Morgan fingerprint density at radius 1 is 0.920 bits per heavy atom. The summed E-state index contributed by atoms with van der Waals surface area (Å²) in [7, 11) is 0. The Balaban J connectivity index is 1.59. The summed E-state index contributed by atoms with van der Waals surface area (Å²) in [5.41, 5.74) is 0.854. The van der Waals surface area contributed by atoms with Gasteiger partial charge in [0, 0.05) is 16.0 Å². The van der Waals surface area contributed by atoms with E-state index in [0.29, 0.717) is 29.7 Å². The number of ketones is 1. The summed E-state index contributed by atoms with van der Waals surface area (Å²) >= 11 is 1.61. The van der Waals surface area contributed by atoms with Gasteiger partial charge < -0.3 is 4.74 Å². The molecule has 0 N–H and O–H groups in total. The molecular formula is C20H15FO3S. The van der Waals surface area contributed by atoms with Crippen molar-refractivity contribution in [3.8, 4) is 5.75 Å². The van der Waals surface area contributed by atoms with Crippen LogP contribution < -0.4 is 4.74 Å². The first-order chi connectivity index (χ1) is 12.1. The topological polar surface area (TPSA) is 43.4 Å². The molecule has 1 aromatic heterocycles. The molecule has 1 heterocycles. The van der Waals surface area contributed by atoms with E-state index >= 15 is 0 Å². The average molecular weight is 354 g/mol. The lowest BCUT2D eigenvalue weighted by molar-refractivity contribution is -0.134. The second-order valence-corrected chi connectivity index (χ2v) is 6.45. The van der Waals surface area contributed by atoms with Gasteiger partial charge in [-0.05, 0) is 66.4 Å². The second-order valence-electron chi connectivity index (χ2n) is 5.41. The van der Waals surface area contributed by atoms with Crippen molar-refractivity contribution >= 4 is 23.1 Å². The molecule has 0 amide bonds. The monoisotopic (exact) mass is 354 g/mol. The van der Waals surface area contributed by atoms with Crippen molar-refractivity contribution in [1.29, 1.82) is 0 Å². The maximum absolute atomic E-state index is 12.9. The molecule has 0 saturated heterocycles. The minimum absolute atomic E-state index is 0.212. The van der Waals surface area contributed by atoms with Gasteiger partial charge >= 0.3 is 5.97 Å². The number of rotatable bonds is 6. The molecule has 0 unspecified atom stereocenters. The van der Waals surface area contributed by atoms with Crippen molar-refractivity contribution in [3.63, 3.8) is 0 Å². The van der Waals surface area contributed by atoms with Gasteiger partial charge in [0.15, 0.2) is 5.78 Å². The van der Waals surface area contributed by atoms with Crippen LogP contribution in [0.15, 0.2) is 66.0 Å². The van der Waals surface area contributed by atoms with Gasteiger partial charge in [-0.2, -0.15) is 0 Å². The normalized spacial score (nSPS) is 10.4. The Kier molecular flexibility index (Phi) is 5.36. The van der Waals surface area contributed by atoms with Gasteiger partial charge in [0.05, 0.1) is 6.42 Å². The molecule has 0 bridgehead atoms. The number of carbonyl (C=O) groups is 2. The number of aryl methyl sites for hydroxylation is 1. The fourth-order valence-electron chi connectivity index (χ4n) is 2.30. The van der Waals surface area contributed by atoms with Gasteiger partial charge in [0.1, 0.15) is 11.6 Å². The highest BCUT2D eigenvalue weighted by atomic mass is 32.1. The Morgan fingerprint density at radius 3 is 2.16 bits per heavy atom. The fraction of sp³-hybridized carbons (Fsp3) is 0.100. The third kappa shape index (κ3) is 4.61. The Hall–Kier alpha value is -2.79. The van der Waals surface area contributed by atoms with E-state index in [0.717, 1.165) is 4.88 Å². The Labute approximate surface area is 148 Å². The third-order valence-corrected chi connectivity index (χ3v) is 4.55. The lowest BCUT2D eigenvalue weighted by Crippen LogP contribution is -2.09. The van der Waals surface area contributed by atoms with Crippen LogP contribution in [-0.4, -0.2) is 11.8 Å². The average Bonchev–Trinajstić information content (AvgIpc) is 3.14. The zero-order chi connectivity index (χ0) is 17.6. The molecule has 3 rings (SSSR count). The van der Waals surface area contributed by atoms with E-state index in [4.69, 9.17) is 4.74 Å². The Morgan fingerprint density at radius 2 is 1.56 bits per heavy atom. The van der Waals surface area contributed by atoms with Gasteiger partial charge in [-0.25, -0.2) is 4.39 Å². The highest BCUT2D eigenvalue weighted by Gasteiger charge is 2.11. The number of esters is 1. The van der Waals surface area contributed by atoms with Crippen LogP contribution in [0.5, 0.6) is 5.75 Å². The molecule has 3 nitrogen and oxygen atoms in total. The SMILES string of the molecule is O=C(CCc1cccs1)Oc1ccc(C(=O)c2ccc(F)cc2)cc1. The lowest BCUT2D eigenvalue weighted by Gasteiger charge is -2.05. The molecular weight excluding hydrogens is 339 g/mol. The molecule has 3 aromatic rings. The molecule has 5 heteroatoms. The van der Waals surface area contributed by atoms with Crippen molar-refractivity contribution in [2.24, 2.45) is 0 Å². The molecule has 0 spiro atoms. The van der Waals surface area contributed by atoms with Crippen molar-refractivity contribution < 1.29 is 18.7 Å². The summed E-state index contributed by atoms with van der Waals surface area (Å²) in [6.07, 6.45) is 0.953. The smallest absolute Gasteiger partial charge is 0.311 e. The standard InChI is InChI=1S/C20H15FO3S/c21-16-7-3-14(4-8-16)20(23)15-5-9-17(10-6-15)24-19(22)12-11-18-2-1-13-25-18/h1-10,13H,11-12H2. The fourth-order valence-corrected chi connectivity index (χ4v) is 3.01. The van der Waals surface area contributed by atoms with Crippen LogP contribution in [0, 0.1) is 5.82 Å². The van der Waals surface area contributed by atoms with Gasteiger partial charge in [-0.1, -0.05) is 6.07 Å².